The summed E-state index contributed by atoms with van der Waals surface area (Å²) in [5.74, 6) is -0.900. The Labute approximate surface area is 115 Å². The molecule has 98 valence electrons. The lowest BCUT2D eigenvalue weighted by Gasteiger charge is -2.36. The average Bonchev–Trinajstić information content (AvgIpc) is 2.52. The molecule has 1 heterocycles. The summed E-state index contributed by atoms with van der Waals surface area (Å²) in [4.78, 5) is 0. The number of hydrogen-bond donors (Lipinski definition) is 1. The van der Waals surface area contributed by atoms with Gasteiger partial charge in [0.25, 0.3) is 5.60 Å². The van der Waals surface area contributed by atoms with Crippen LogP contribution in [0.2, 0.25) is 0 Å². The van der Waals surface area contributed by atoms with E-state index in [1.807, 2.05) is 6.07 Å². The molecule has 1 unspecified atom stereocenters. The Morgan fingerprint density at radius 1 is 1.05 bits per heavy atom. The van der Waals surface area contributed by atoms with Crippen LogP contribution in [-0.2, 0) is 5.60 Å². The number of aliphatic hydroxyl groups excluding tert-OH is 1. The zero-order chi connectivity index (χ0) is 14.2. The van der Waals surface area contributed by atoms with Crippen LogP contribution in [0.5, 0.6) is 5.75 Å². The molecule has 2 aromatic carbocycles. The van der Waals surface area contributed by atoms with E-state index >= 15 is 0 Å². The van der Waals surface area contributed by atoms with Gasteiger partial charge in [-0.3, -0.25) is 0 Å². The molecule has 1 aliphatic rings. The molecule has 1 N–H and O–H groups in total. The lowest BCUT2D eigenvalue weighted by molar-refractivity contribution is -0.250. The minimum atomic E-state index is -1.79. The second-order valence-corrected chi connectivity index (χ2v) is 4.43. The van der Waals surface area contributed by atoms with Crippen molar-refractivity contribution in [1.82, 2.24) is 0 Å². The van der Waals surface area contributed by atoms with Crippen molar-refractivity contribution in [3.05, 3.63) is 71.5 Å². The number of rotatable bonds is 1. The van der Waals surface area contributed by atoms with Crippen LogP contribution < -0.4 is 9.84 Å². The van der Waals surface area contributed by atoms with Crippen molar-refractivity contribution in [1.29, 1.82) is 5.26 Å². The second-order valence-electron chi connectivity index (χ2n) is 4.43. The number of benzene rings is 2. The van der Waals surface area contributed by atoms with Crippen molar-refractivity contribution in [2.45, 2.75) is 5.60 Å². The van der Waals surface area contributed by atoms with Gasteiger partial charge in [-0.25, -0.2) is 0 Å². The van der Waals surface area contributed by atoms with Crippen molar-refractivity contribution in [3.8, 4) is 11.8 Å². The van der Waals surface area contributed by atoms with Crippen LogP contribution in [0.25, 0.3) is 5.76 Å². The van der Waals surface area contributed by atoms with Crippen LogP contribution in [0.15, 0.2) is 60.4 Å². The van der Waals surface area contributed by atoms with E-state index in [9.17, 15) is 15.5 Å². The maximum atomic E-state index is 12.2. The summed E-state index contributed by atoms with van der Waals surface area (Å²) >= 11 is 0. The van der Waals surface area contributed by atoms with Crippen molar-refractivity contribution in [2.24, 2.45) is 0 Å². The highest BCUT2D eigenvalue weighted by Gasteiger charge is 2.43. The van der Waals surface area contributed by atoms with Gasteiger partial charge in [0.05, 0.1) is 0 Å². The topological polar surface area (TPSA) is 76.3 Å². The van der Waals surface area contributed by atoms with Gasteiger partial charge in [-0.2, -0.15) is 5.26 Å². The molecule has 0 aromatic heterocycles. The first-order valence-electron chi connectivity index (χ1n) is 6.05. The Morgan fingerprint density at radius 2 is 1.70 bits per heavy atom. The van der Waals surface area contributed by atoms with Gasteiger partial charge in [0.15, 0.2) is 0 Å². The molecule has 3 rings (SSSR count). The van der Waals surface area contributed by atoms with Crippen LogP contribution in [0, 0.1) is 11.3 Å². The molecule has 4 heteroatoms. The average molecular weight is 264 g/mol. The minimum Gasteiger partial charge on any atom is -0.870 e. The van der Waals surface area contributed by atoms with Crippen LogP contribution in [0.3, 0.4) is 0 Å². The van der Waals surface area contributed by atoms with Gasteiger partial charge in [-0.1, -0.05) is 54.3 Å². The van der Waals surface area contributed by atoms with E-state index in [0.717, 1.165) is 0 Å². The van der Waals surface area contributed by atoms with Crippen LogP contribution in [0.4, 0.5) is 0 Å². The van der Waals surface area contributed by atoms with E-state index in [1.165, 1.54) is 0 Å². The molecule has 0 amide bonds. The number of nitriles is 1. The van der Waals surface area contributed by atoms with Gasteiger partial charge in [0.2, 0.25) is 0 Å². The molecule has 0 spiro atoms. The third-order valence-corrected chi connectivity index (χ3v) is 3.28. The summed E-state index contributed by atoms with van der Waals surface area (Å²) < 4.78 is 5.67. The number of para-hydroxylation sites is 1. The summed E-state index contributed by atoms with van der Waals surface area (Å²) in [5.41, 5.74) is -1.11. The third kappa shape index (κ3) is 1.54. The predicted octanol–water partition coefficient (Wildman–Crippen LogP) is 2.08. The van der Waals surface area contributed by atoms with Crippen LogP contribution >= 0.6 is 0 Å². The van der Waals surface area contributed by atoms with E-state index in [2.05, 4.69) is 0 Å². The first kappa shape index (κ1) is 12.1. The first-order chi connectivity index (χ1) is 9.69. The fourth-order valence-electron chi connectivity index (χ4n) is 2.25. The van der Waals surface area contributed by atoms with Gasteiger partial charge in [-0.05, 0) is 6.07 Å². The summed E-state index contributed by atoms with van der Waals surface area (Å²) in [7, 11) is 0. The minimum absolute atomic E-state index is 0.256. The zero-order valence-electron chi connectivity index (χ0n) is 10.4. The smallest absolute Gasteiger partial charge is 0.275 e. The number of fused-ring (bicyclic) bond motifs is 1. The standard InChI is InChI=1S/C16H11NO3/c17-10-16(11-6-2-1-3-7-11)15(19)14(18)12-8-4-5-9-13(12)20-16/h1-9,18-19H/p-1. The fraction of sp³-hybridized carbons (Fsp3) is 0.0625. The predicted molar refractivity (Wildman–Crippen MR) is 70.4 cm³/mol. The van der Waals surface area contributed by atoms with Gasteiger partial charge in [0.1, 0.15) is 17.6 Å². The van der Waals surface area contributed by atoms with Crippen LogP contribution in [0.1, 0.15) is 11.1 Å². The van der Waals surface area contributed by atoms with Crippen molar-refractivity contribution >= 4 is 5.76 Å². The Kier molecular flexibility index (Phi) is 2.62. The molecule has 20 heavy (non-hydrogen) atoms. The number of aliphatic hydroxyl groups is 1. The molecular weight excluding hydrogens is 254 g/mol. The third-order valence-electron chi connectivity index (χ3n) is 3.28. The molecule has 4 nitrogen and oxygen atoms in total. The van der Waals surface area contributed by atoms with Gasteiger partial charge >= 0.3 is 0 Å². The SMILES string of the molecule is N#CC1(c2ccccc2)Oc2ccccc2C([O-])=C1O. The highest BCUT2D eigenvalue weighted by atomic mass is 16.5. The summed E-state index contributed by atoms with van der Waals surface area (Å²) in [6.45, 7) is 0. The molecule has 2 aromatic rings. The fourth-order valence-corrected chi connectivity index (χ4v) is 2.25. The number of ether oxygens (including phenoxy) is 1. The molecule has 1 atom stereocenters. The van der Waals surface area contributed by atoms with Gasteiger partial charge in [0, 0.05) is 11.1 Å². The second kappa shape index (κ2) is 4.32. The molecule has 0 saturated heterocycles. The molecule has 0 fully saturated rings. The number of hydrogen-bond acceptors (Lipinski definition) is 4. The Bertz CT molecular complexity index is 731. The van der Waals surface area contributed by atoms with Crippen molar-refractivity contribution < 1.29 is 14.9 Å². The van der Waals surface area contributed by atoms with Gasteiger partial charge < -0.3 is 14.9 Å². The van der Waals surface area contributed by atoms with E-state index in [0.29, 0.717) is 11.3 Å². The molecular formula is C16H10NO3-. The lowest BCUT2D eigenvalue weighted by Crippen LogP contribution is -2.39. The monoisotopic (exact) mass is 264 g/mol. The molecule has 0 aliphatic carbocycles. The van der Waals surface area contributed by atoms with Crippen LogP contribution in [-0.4, -0.2) is 5.11 Å². The first-order valence-corrected chi connectivity index (χ1v) is 6.05. The quantitative estimate of drug-likeness (QED) is 0.855. The Hall–Kier alpha value is -2.93. The Balaban J connectivity index is 2.27. The summed E-state index contributed by atoms with van der Waals surface area (Å²) in [5, 5.41) is 32.0. The molecule has 0 radical (unpaired) electrons. The maximum absolute atomic E-state index is 12.2. The highest BCUT2D eigenvalue weighted by Crippen LogP contribution is 2.42. The van der Waals surface area contributed by atoms with E-state index < -0.39 is 17.1 Å². The summed E-state index contributed by atoms with van der Waals surface area (Å²) in [6.07, 6.45) is 0. The molecule has 0 saturated carbocycles. The number of nitrogens with zero attached hydrogens (tertiary/aromatic N) is 1. The Morgan fingerprint density at radius 3 is 2.40 bits per heavy atom. The molecule has 1 aliphatic heterocycles. The van der Waals surface area contributed by atoms with Gasteiger partial charge in [-0.15, -0.1) is 0 Å². The largest absolute Gasteiger partial charge is 0.870 e. The van der Waals surface area contributed by atoms with Crippen molar-refractivity contribution in [3.63, 3.8) is 0 Å². The normalized spacial score (nSPS) is 20.8. The highest BCUT2D eigenvalue weighted by molar-refractivity contribution is 5.70. The molecule has 0 bridgehead atoms. The van der Waals surface area contributed by atoms with E-state index in [-0.39, 0.29) is 5.56 Å². The maximum Gasteiger partial charge on any atom is 0.275 e. The zero-order valence-corrected chi connectivity index (χ0v) is 10.4. The van der Waals surface area contributed by atoms with Crippen molar-refractivity contribution in [2.75, 3.05) is 0 Å². The lowest BCUT2D eigenvalue weighted by atomic mass is 9.88. The van der Waals surface area contributed by atoms with E-state index in [4.69, 9.17) is 4.74 Å². The van der Waals surface area contributed by atoms with E-state index in [1.54, 1.807) is 54.6 Å². The summed E-state index contributed by atoms with van der Waals surface area (Å²) in [6, 6.07) is 17.0.